The van der Waals surface area contributed by atoms with Gasteiger partial charge in [0.15, 0.2) is 0 Å². The lowest BCUT2D eigenvalue weighted by molar-refractivity contribution is -0.117. The molecule has 2 fully saturated rings. The lowest BCUT2D eigenvalue weighted by Crippen LogP contribution is -2.35. The van der Waals surface area contributed by atoms with Gasteiger partial charge in [0.25, 0.3) is 0 Å². The molecular formula is C16H22N2O2. The van der Waals surface area contributed by atoms with Crippen molar-refractivity contribution in [3.05, 3.63) is 24.3 Å². The molecule has 1 aliphatic heterocycles. The van der Waals surface area contributed by atoms with Gasteiger partial charge in [-0.2, -0.15) is 0 Å². The summed E-state index contributed by atoms with van der Waals surface area (Å²) in [5.41, 5.74) is 0.819. The Bertz CT molecular complexity index is 463. The maximum Gasteiger partial charge on any atom is 0.241 e. The first-order valence-corrected chi connectivity index (χ1v) is 7.62. The molecule has 1 saturated heterocycles. The van der Waals surface area contributed by atoms with Crippen LogP contribution in [0, 0.1) is 0 Å². The number of carbonyl (C=O) groups excluding carboxylic acids is 1. The van der Waals surface area contributed by atoms with Crippen molar-refractivity contribution < 1.29 is 9.53 Å². The van der Waals surface area contributed by atoms with E-state index in [0.717, 1.165) is 43.7 Å². The zero-order valence-electron chi connectivity index (χ0n) is 11.7. The molecule has 108 valence electrons. The van der Waals surface area contributed by atoms with Crippen molar-refractivity contribution in [1.29, 1.82) is 0 Å². The fraction of sp³-hybridized carbons (Fsp3) is 0.562. The Kier molecular flexibility index (Phi) is 4.21. The molecule has 0 aromatic heterocycles. The molecule has 1 atom stereocenters. The summed E-state index contributed by atoms with van der Waals surface area (Å²) in [5.74, 6) is 0.912. The van der Waals surface area contributed by atoms with E-state index in [9.17, 15) is 4.79 Å². The van der Waals surface area contributed by atoms with Crippen molar-refractivity contribution in [2.75, 3.05) is 11.9 Å². The highest BCUT2D eigenvalue weighted by atomic mass is 16.5. The molecule has 0 bridgehead atoms. The van der Waals surface area contributed by atoms with E-state index < -0.39 is 0 Å². The van der Waals surface area contributed by atoms with Crippen molar-refractivity contribution >= 4 is 11.6 Å². The van der Waals surface area contributed by atoms with Gasteiger partial charge in [-0.1, -0.05) is 6.07 Å². The topological polar surface area (TPSA) is 50.4 Å². The second-order valence-electron chi connectivity index (χ2n) is 5.69. The van der Waals surface area contributed by atoms with Crippen LogP contribution >= 0.6 is 0 Å². The minimum Gasteiger partial charge on any atom is -0.490 e. The van der Waals surface area contributed by atoms with Crippen molar-refractivity contribution in [1.82, 2.24) is 5.32 Å². The summed E-state index contributed by atoms with van der Waals surface area (Å²) in [6, 6.07) is 7.68. The Labute approximate surface area is 119 Å². The van der Waals surface area contributed by atoms with Crippen LogP contribution in [0.1, 0.15) is 38.5 Å². The van der Waals surface area contributed by atoms with Crippen molar-refractivity contribution in [2.45, 2.75) is 50.7 Å². The van der Waals surface area contributed by atoms with Gasteiger partial charge in [0.2, 0.25) is 5.91 Å². The van der Waals surface area contributed by atoms with Crippen molar-refractivity contribution in [3.8, 4) is 5.75 Å². The number of rotatable bonds is 4. The lowest BCUT2D eigenvalue weighted by atomic mass is 10.2. The third-order valence-electron chi connectivity index (χ3n) is 4.08. The van der Waals surface area contributed by atoms with Gasteiger partial charge in [0.05, 0.1) is 12.1 Å². The number of amides is 1. The van der Waals surface area contributed by atoms with E-state index >= 15 is 0 Å². The molecule has 20 heavy (non-hydrogen) atoms. The molecule has 1 saturated carbocycles. The third-order valence-corrected chi connectivity index (χ3v) is 4.08. The van der Waals surface area contributed by atoms with Gasteiger partial charge in [-0.3, -0.25) is 4.79 Å². The second kappa shape index (κ2) is 6.27. The average Bonchev–Trinajstić information content (AvgIpc) is 3.12. The molecule has 2 N–H and O–H groups in total. The number of nitrogens with one attached hydrogen (secondary N) is 2. The zero-order valence-corrected chi connectivity index (χ0v) is 11.7. The summed E-state index contributed by atoms with van der Waals surface area (Å²) in [5, 5.41) is 6.17. The van der Waals surface area contributed by atoms with E-state index in [2.05, 4.69) is 10.6 Å². The van der Waals surface area contributed by atoms with Crippen LogP contribution in [-0.4, -0.2) is 24.6 Å². The Balaban J connectivity index is 1.59. The number of ether oxygens (including phenoxy) is 1. The van der Waals surface area contributed by atoms with Crippen molar-refractivity contribution in [2.24, 2.45) is 0 Å². The molecule has 3 rings (SSSR count). The summed E-state index contributed by atoms with van der Waals surface area (Å²) in [7, 11) is 0. The maximum absolute atomic E-state index is 12.1. The molecule has 1 heterocycles. The Morgan fingerprint density at radius 1 is 1.20 bits per heavy atom. The summed E-state index contributed by atoms with van der Waals surface area (Å²) >= 11 is 0. The Morgan fingerprint density at radius 3 is 2.80 bits per heavy atom. The van der Waals surface area contributed by atoms with E-state index in [1.807, 2.05) is 24.3 Å². The number of hydrogen-bond donors (Lipinski definition) is 2. The smallest absolute Gasteiger partial charge is 0.241 e. The third kappa shape index (κ3) is 3.31. The van der Waals surface area contributed by atoms with Gasteiger partial charge >= 0.3 is 0 Å². The quantitative estimate of drug-likeness (QED) is 0.887. The first-order valence-electron chi connectivity index (χ1n) is 7.62. The number of carbonyl (C=O) groups is 1. The van der Waals surface area contributed by atoms with Crippen LogP contribution in [0.4, 0.5) is 5.69 Å². The summed E-state index contributed by atoms with van der Waals surface area (Å²) in [6.45, 7) is 0.933. The minimum atomic E-state index is -0.0468. The SMILES string of the molecule is O=C(Nc1cccc(OC2CCCC2)c1)C1CCCN1. The Hall–Kier alpha value is -1.55. The van der Waals surface area contributed by atoms with E-state index in [-0.39, 0.29) is 11.9 Å². The van der Waals surface area contributed by atoms with E-state index in [1.165, 1.54) is 12.8 Å². The lowest BCUT2D eigenvalue weighted by Gasteiger charge is -2.15. The van der Waals surface area contributed by atoms with Crippen LogP contribution in [0.3, 0.4) is 0 Å². The Morgan fingerprint density at radius 2 is 2.05 bits per heavy atom. The van der Waals surface area contributed by atoms with Crippen LogP contribution in [-0.2, 0) is 4.79 Å². The monoisotopic (exact) mass is 274 g/mol. The maximum atomic E-state index is 12.1. The zero-order chi connectivity index (χ0) is 13.8. The highest BCUT2D eigenvalue weighted by Crippen LogP contribution is 2.25. The standard InChI is InChI=1S/C16H22N2O2/c19-16(15-9-4-10-17-15)18-12-5-3-8-14(11-12)20-13-6-1-2-7-13/h3,5,8,11,13,15,17H,1-2,4,6-7,9-10H2,(H,18,19). The normalized spacial score (nSPS) is 22.9. The highest BCUT2D eigenvalue weighted by molar-refractivity contribution is 5.95. The molecule has 1 amide bonds. The van der Waals surface area contributed by atoms with Crippen LogP contribution in [0.15, 0.2) is 24.3 Å². The van der Waals surface area contributed by atoms with Crippen LogP contribution in [0.5, 0.6) is 5.75 Å². The van der Waals surface area contributed by atoms with E-state index in [4.69, 9.17) is 4.74 Å². The molecule has 1 aromatic rings. The molecule has 0 radical (unpaired) electrons. The fourth-order valence-corrected chi connectivity index (χ4v) is 2.98. The van der Waals surface area contributed by atoms with Crippen LogP contribution in [0.25, 0.3) is 0 Å². The number of benzene rings is 1. The average molecular weight is 274 g/mol. The summed E-state index contributed by atoms with van der Waals surface area (Å²) in [6.07, 6.45) is 7.14. The number of anilines is 1. The van der Waals surface area contributed by atoms with Gasteiger partial charge in [0, 0.05) is 11.8 Å². The van der Waals surface area contributed by atoms with E-state index in [0.29, 0.717) is 6.10 Å². The molecule has 1 aliphatic carbocycles. The van der Waals surface area contributed by atoms with Crippen LogP contribution in [0.2, 0.25) is 0 Å². The first-order chi connectivity index (χ1) is 9.81. The molecule has 2 aliphatic rings. The number of hydrogen-bond acceptors (Lipinski definition) is 3. The van der Waals surface area contributed by atoms with Gasteiger partial charge in [-0.05, 0) is 57.2 Å². The van der Waals surface area contributed by atoms with Gasteiger partial charge < -0.3 is 15.4 Å². The first kappa shape index (κ1) is 13.4. The van der Waals surface area contributed by atoms with E-state index in [1.54, 1.807) is 0 Å². The second-order valence-corrected chi connectivity index (χ2v) is 5.69. The molecule has 4 heteroatoms. The molecule has 1 unspecified atom stereocenters. The largest absolute Gasteiger partial charge is 0.490 e. The predicted octanol–water partition coefficient (Wildman–Crippen LogP) is 2.70. The van der Waals surface area contributed by atoms with Crippen LogP contribution < -0.4 is 15.4 Å². The minimum absolute atomic E-state index is 0.0468. The van der Waals surface area contributed by atoms with Gasteiger partial charge in [-0.15, -0.1) is 0 Å². The summed E-state index contributed by atoms with van der Waals surface area (Å²) < 4.78 is 5.96. The molecular weight excluding hydrogens is 252 g/mol. The van der Waals surface area contributed by atoms with Crippen molar-refractivity contribution in [3.63, 3.8) is 0 Å². The molecule has 4 nitrogen and oxygen atoms in total. The van der Waals surface area contributed by atoms with Gasteiger partial charge in [0.1, 0.15) is 5.75 Å². The fourth-order valence-electron chi connectivity index (χ4n) is 2.98. The molecule has 1 aromatic carbocycles. The predicted molar refractivity (Wildman–Crippen MR) is 79.0 cm³/mol. The van der Waals surface area contributed by atoms with Gasteiger partial charge in [-0.25, -0.2) is 0 Å². The molecule has 0 spiro atoms. The highest BCUT2D eigenvalue weighted by Gasteiger charge is 2.22. The summed E-state index contributed by atoms with van der Waals surface area (Å²) in [4.78, 5) is 12.1.